The Labute approximate surface area is 124 Å². The minimum Gasteiger partial charge on any atom is -0.492 e. The Hall–Kier alpha value is -2.56. The number of aromatic nitrogens is 1. The maximum Gasteiger partial charge on any atom is 0.226 e. The second-order valence-electron chi connectivity index (χ2n) is 4.77. The summed E-state index contributed by atoms with van der Waals surface area (Å²) in [6.45, 7) is 2.90. The fraction of sp³-hybridized carbons (Fsp3) is 0.250. The molecule has 110 valence electrons. The van der Waals surface area contributed by atoms with Gasteiger partial charge in [-0.05, 0) is 36.8 Å². The molecule has 5 nitrogen and oxygen atoms in total. The van der Waals surface area contributed by atoms with Crippen LogP contribution in [0.4, 0.5) is 5.69 Å². The third-order valence-corrected chi connectivity index (χ3v) is 2.87. The van der Waals surface area contributed by atoms with Crippen LogP contribution in [0.2, 0.25) is 0 Å². The van der Waals surface area contributed by atoms with E-state index in [2.05, 4.69) is 10.3 Å². The molecule has 0 saturated carbocycles. The molecule has 2 rings (SSSR count). The van der Waals surface area contributed by atoms with Gasteiger partial charge in [-0.25, -0.2) is 0 Å². The maximum absolute atomic E-state index is 11.7. The summed E-state index contributed by atoms with van der Waals surface area (Å²) >= 11 is 0. The van der Waals surface area contributed by atoms with Crippen LogP contribution in [0.15, 0.2) is 42.6 Å². The highest BCUT2D eigenvalue weighted by molar-refractivity contribution is 5.78. The highest BCUT2D eigenvalue weighted by Gasteiger charge is 2.04. The first-order valence-electron chi connectivity index (χ1n) is 6.80. The number of nitrogen functional groups attached to an aromatic ring is 1. The Balaban J connectivity index is 1.68. The van der Waals surface area contributed by atoms with Crippen LogP contribution >= 0.6 is 0 Å². The molecule has 0 radical (unpaired) electrons. The number of nitrogens with zero attached hydrogens (tertiary/aromatic N) is 1. The van der Waals surface area contributed by atoms with Crippen LogP contribution in [-0.2, 0) is 11.2 Å². The number of ether oxygens (including phenoxy) is 1. The molecule has 1 amide bonds. The summed E-state index contributed by atoms with van der Waals surface area (Å²) in [6.07, 6.45) is 1.79. The topological polar surface area (TPSA) is 77.2 Å². The molecule has 0 aliphatic carbocycles. The van der Waals surface area contributed by atoms with Crippen molar-refractivity contribution >= 4 is 11.6 Å². The summed E-state index contributed by atoms with van der Waals surface area (Å²) < 4.78 is 5.56. The molecular formula is C16H19N3O2. The van der Waals surface area contributed by atoms with E-state index in [0.29, 0.717) is 24.5 Å². The van der Waals surface area contributed by atoms with Crippen LogP contribution in [0.25, 0.3) is 0 Å². The van der Waals surface area contributed by atoms with E-state index in [0.717, 1.165) is 11.3 Å². The SMILES string of the molecule is Cc1cccc(OCCNC(=O)Cc2ccc(N)cn2)c1. The highest BCUT2D eigenvalue weighted by atomic mass is 16.5. The summed E-state index contributed by atoms with van der Waals surface area (Å²) in [6, 6.07) is 11.3. The summed E-state index contributed by atoms with van der Waals surface area (Å²) in [4.78, 5) is 15.8. The molecule has 2 aromatic rings. The number of anilines is 1. The molecular weight excluding hydrogens is 266 g/mol. The predicted octanol–water partition coefficient (Wildman–Crippen LogP) is 1.71. The summed E-state index contributed by atoms with van der Waals surface area (Å²) in [7, 11) is 0. The molecule has 1 aromatic heterocycles. The number of aryl methyl sites for hydroxylation is 1. The van der Waals surface area contributed by atoms with E-state index in [4.69, 9.17) is 10.5 Å². The molecule has 0 fully saturated rings. The van der Waals surface area contributed by atoms with Crippen molar-refractivity contribution in [1.82, 2.24) is 10.3 Å². The lowest BCUT2D eigenvalue weighted by molar-refractivity contribution is -0.120. The van der Waals surface area contributed by atoms with Crippen molar-refractivity contribution in [3.63, 3.8) is 0 Å². The third-order valence-electron chi connectivity index (χ3n) is 2.87. The Morgan fingerprint density at radius 1 is 1.33 bits per heavy atom. The Morgan fingerprint density at radius 2 is 2.19 bits per heavy atom. The molecule has 1 aromatic carbocycles. The van der Waals surface area contributed by atoms with Crippen molar-refractivity contribution in [3.05, 3.63) is 53.9 Å². The van der Waals surface area contributed by atoms with E-state index in [9.17, 15) is 4.79 Å². The average Bonchev–Trinajstić information content (AvgIpc) is 2.46. The van der Waals surface area contributed by atoms with Crippen molar-refractivity contribution < 1.29 is 9.53 Å². The zero-order valence-electron chi connectivity index (χ0n) is 12.0. The predicted molar refractivity (Wildman–Crippen MR) is 82.0 cm³/mol. The number of carbonyl (C=O) groups is 1. The standard InChI is InChI=1S/C16H19N3O2/c1-12-3-2-4-15(9-12)21-8-7-18-16(20)10-14-6-5-13(17)11-19-14/h2-6,9,11H,7-8,10,17H2,1H3,(H,18,20). The van der Waals surface area contributed by atoms with Crippen LogP contribution in [0.3, 0.4) is 0 Å². The van der Waals surface area contributed by atoms with Crippen LogP contribution in [-0.4, -0.2) is 24.0 Å². The molecule has 5 heteroatoms. The van der Waals surface area contributed by atoms with E-state index >= 15 is 0 Å². The van der Waals surface area contributed by atoms with Crippen LogP contribution in [0, 0.1) is 6.92 Å². The monoisotopic (exact) mass is 285 g/mol. The second kappa shape index (κ2) is 7.28. The average molecular weight is 285 g/mol. The normalized spacial score (nSPS) is 10.1. The van der Waals surface area contributed by atoms with Gasteiger partial charge in [0, 0.05) is 5.69 Å². The highest BCUT2D eigenvalue weighted by Crippen LogP contribution is 2.11. The van der Waals surface area contributed by atoms with E-state index < -0.39 is 0 Å². The molecule has 0 aliphatic rings. The summed E-state index contributed by atoms with van der Waals surface area (Å²) in [5, 5.41) is 2.80. The number of nitrogens with one attached hydrogen (secondary N) is 1. The third kappa shape index (κ3) is 5.14. The minimum absolute atomic E-state index is 0.0832. The van der Waals surface area contributed by atoms with Gasteiger partial charge in [0.15, 0.2) is 0 Å². The van der Waals surface area contributed by atoms with Gasteiger partial charge in [0.25, 0.3) is 0 Å². The number of benzene rings is 1. The van der Waals surface area contributed by atoms with E-state index in [1.54, 1.807) is 18.3 Å². The molecule has 0 bridgehead atoms. The number of pyridine rings is 1. The molecule has 0 aliphatic heterocycles. The van der Waals surface area contributed by atoms with Crippen LogP contribution < -0.4 is 15.8 Å². The van der Waals surface area contributed by atoms with E-state index in [1.807, 2.05) is 31.2 Å². The smallest absolute Gasteiger partial charge is 0.226 e. The fourth-order valence-electron chi connectivity index (χ4n) is 1.83. The zero-order chi connectivity index (χ0) is 15.1. The summed E-state index contributed by atoms with van der Waals surface area (Å²) in [5.74, 6) is 0.726. The Kier molecular flexibility index (Phi) is 5.15. The zero-order valence-corrected chi connectivity index (χ0v) is 12.0. The molecule has 0 unspecified atom stereocenters. The Bertz CT molecular complexity index is 597. The van der Waals surface area contributed by atoms with Gasteiger partial charge in [-0.1, -0.05) is 12.1 Å². The molecule has 0 spiro atoms. The first-order valence-corrected chi connectivity index (χ1v) is 6.80. The lowest BCUT2D eigenvalue weighted by Gasteiger charge is -2.08. The quantitative estimate of drug-likeness (QED) is 0.792. The lowest BCUT2D eigenvalue weighted by atomic mass is 10.2. The van der Waals surface area contributed by atoms with Crippen molar-refractivity contribution in [2.45, 2.75) is 13.3 Å². The van der Waals surface area contributed by atoms with Gasteiger partial charge in [-0.2, -0.15) is 0 Å². The summed E-state index contributed by atoms with van der Waals surface area (Å²) in [5.41, 5.74) is 7.97. The number of amides is 1. The van der Waals surface area contributed by atoms with Crippen LogP contribution in [0.5, 0.6) is 5.75 Å². The van der Waals surface area contributed by atoms with E-state index in [1.165, 1.54) is 0 Å². The van der Waals surface area contributed by atoms with Gasteiger partial charge < -0.3 is 15.8 Å². The maximum atomic E-state index is 11.7. The van der Waals surface area contributed by atoms with Crippen molar-refractivity contribution in [2.24, 2.45) is 0 Å². The van der Waals surface area contributed by atoms with Gasteiger partial charge >= 0.3 is 0 Å². The van der Waals surface area contributed by atoms with Gasteiger partial charge in [-0.3, -0.25) is 9.78 Å². The van der Waals surface area contributed by atoms with Gasteiger partial charge in [-0.15, -0.1) is 0 Å². The first-order chi connectivity index (χ1) is 10.1. The number of nitrogens with two attached hydrogens (primary N) is 1. The van der Waals surface area contributed by atoms with Gasteiger partial charge in [0.05, 0.1) is 24.8 Å². The molecule has 0 atom stereocenters. The second-order valence-corrected chi connectivity index (χ2v) is 4.77. The van der Waals surface area contributed by atoms with Gasteiger partial charge in [0.1, 0.15) is 12.4 Å². The minimum atomic E-state index is -0.0832. The number of rotatable bonds is 6. The largest absolute Gasteiger partial charge is 0.492 e. The molecule has 3 N–H and O–H groups in total. The van der Waals surface area contributed by atoms with Gasteiger partial charge in [0.2, 0.25) is 5.91 Å². The molecule has 0 saturated heterocycles. The number of carbonyl (C=O) groups excluding carboxylic acids is 1. The first kappa shape index (κ1) is 14.8. The van der Waals surface area contributed by atoms with E-state index in [-0.39, 0.29) is 12.3 Å². The number of hydrogen-bond acceptors (Lipinski definition) is 4. The fourth-order valence-corrected chi connectivity index (χ4v) is 1.83. The molecule has 21 heavy (non-hydrogen) atoms. The van der Waals surface area contributed by atoms with Crippen LogP contribution in [0.1, 0.15) is 11.3 Å². The van der Waals surface area contributed by atoms with Crippen molar-refractivity contribution in [2.75, 3.05) is 18.9 Å². The molecule has 1 heterocycles. The number of hydrogen-bond donors (Lipinski definition) is 2. The van der Waals surface area contributed by atoms with Crippen molar-refractivity contribution in [3.8, 4) is 5.75 Å². The van der Waals surface area contributed by atoms with Crippen molar-refractivity contribution in [1.29, 1.82) is 0 Å². The Morgan fingerprint density at radius 3 is 2.90 bits per heavy atom. The lowest BCUT2D eigenvalue weighted by Crippen LogP contribution is -2.29.